The number of nitrogens with zero attached hydrogens (tertiary/aromatic N) is 3. The fourth-order valence-electron chi connectivity index (χ4n) is 9.46. The standard InChI is InChI=1S/C62H84F2N4O14S/c1-42(2)51(37-50(71)23-27-80-29-31-82-33-32-81-30-28-79-26-13-16-49(70)22-25-67-56(73)20-21-57(67)74)60(76)65-44(4)55(72)17-11-12-24-68(58(75)41-83-40-47(61(77)78)34-43(3)69)59(62(5,6)7)54-35-46(52-36-48(63)18-19-53(52)64)39-66(54)38-45-14-9-8-10-15-45/h8-10,14-15,18-21,35-36,39,42,44,47,51,59H,11-13,16-17,22-34,37-38,40-41H2,1-7H3,(H,65,76)(H,77,78)/t44-,47-,51-,59-/m0/s1. The van der Waals surface area contributed by atoms with E-state index in [1.54, 1.807) is 24.1 Å². The van der Waals surface area contributed by atoms with Gasteiger partial charge in [-0.15, -0.1) is 0 Å². The van der Waals surface area contributed by atoms with Crippen molar-refractivity contribution in [1.29, 1.82) is 0 Å². The number of aromatic nitrogens is 1. The number of thioether (sulfide) groups is 1. The molecule has 1 aliphatic rings. The number of benzene rings is 2. The first-order chi connectivity index (χ1) is 39.5. The summed E-state index contributed by atoms with van der Waals surface area (Å²) in [5, 5.41) is 12.6. The zero-order valence-corrected chi connectivity index (χ0v) is 49.9. The van der Waals surface area contributed by atoms with Gasteiger partial charge in [0.05, 0.1) is 70.0 Å². The summed E-state index contributed by atoms with van der Waals surface area (Å²) in [6.45, 7) is 15.4. The lowest BCUT2D eigenvalue weighted by molar-refractivity contribution is -0.142. The Bertz CT molecular complexity index is 2660. The fourth-order valence-corrected chi connectivity index (χ4v) is 10.5. The maximum absolute atomic E-state index is 15.4. The molecule has 1 aromatic heterocycles. The molecule has 0 unspecified atom stereocenters. The molecule has 0 saturated heterocycles. The van der Waals surface area contributed by atoms with Crippen molar-refractivity contribution >= 4 is 64.5 Å². The van der Waals surface area contributed by atoms with E-state index in [-0.39, 0.29) is 123 Å². The minimum Gasteiger partial charge on any atom is -0.481 e. The molecular weight excluding hydrogens is 1090 g/mol. The Morgan fingerprint density at radius 1 is 0.735 bits per heavy atom. The van der Waals surface area contributed by atoms with E-state index in [9.17, 15) is 52.6 Å². The molecule has 0 bridgehead atoms. The maximum Gasteiger partial charge on any atom is 0.307 e. The number of rotatable bonds is 42. The van der Waals surface area contributed by atoms with Crippen molar-refractivity contribution in [1.82, 2.24) is 19.7 Å². The van der Waals surface area contributed by atoms with Gasteiger partial charge in [0.25, 0.3) is 11.8 Å². The summed E-state index contributed by atoms with van der Waals surface area (Å²) in [6, 6.07) is 13.0. The van der Waals surface area contributed by atoms with Crippen LogP contribution in [-0.4, -0.2) is 156 Å². The number of halogens is 2. The second kappa shape index (κ2) is 35.8. The first-order valence-corrected chi connectivity index (χ1v) is 29.6. The zero-order valence-electron chi connectivity index (χ0n) is 49.1. The molecule has 0 spiro atoms. The van der Waals surface area contributed by atoms with E-state index in [1.807, 2.05) is 69.5 Å². The maximum atomic E-state index is 15.4. The summed E-state index contributed by atoms with van der Waals surface area (Å²) in [6.07, 6.45) is 5.66. The summed E-state index contributed by atoms with van der Waals surface area (Å²) >= 11 is 1.11. The molecule has 4 rings (SSSR count). The quantitative estimate of drug-likeness (QED) is 0.0400. The van der Waals surface area contributed by atoms with Gasteiger partial charge in [0.1, 0.15) is 29.0 Å². The predicted molar refractivity (Wildman–Crippen MR) is 310 cm³/mol. The van der Waals surface area contributed by atoms with Gasteiger partial charge in [-0.25, -0.2) is 8.78 Å². The SMILES string of the molecule is CC(=O)C[C@@H](CSCC(=O)N(CCCCC(=O)[C@H](C)NC(=O)[C@@H](CC(=O)CCOCCOCCOCCOCCCC(=O)CCN1C(=O)C=CC1=O)C(C)C)[C@@H](c1cc(-c2cc(F)ccc2F)cn1Cc1ccccc1)C(C)(C)C)C(=O)O. The van der Waals surface area contributed by atoms with E-state index < -0.39 is 64.7 Å². The number of ketones is 4. The van der Waals surface area contributed by atoms with Crippen molar-refractivity contribution in [3.63, 3.8) is 0 Å². The minimum absolute atomic E-state index is 0.0175. The van der Waals surface area contributed by atoms with Crippen LogP contribution in [0.5, 0.6) is 0 Å². The number of Topliss-reactive ketones (excluding diaryl/α,β-unsaturated/α-hetero) is 4. The number of carbonyl (C=O) groups is 9. The van der Waals surface area contributed by atoms with Gasteiger partial charge >= 0.3 is 5.97 Å². The molecule has 0 saturated carbocycles. The molecule has 0 aliphatic carbocycles. The molecule has 1 aliphatic heterocycles. The van der Waals surface area contributed by atoms with Crippen LogP contribution < -0.4 is 5.32 Å². The number of carboxylic acid groups (broad SMARTS) is 1. The van der Waals surface area contributed by atoms with Gasteiger partial charge in [-0.3, -0.25) is 43.3 Å². The Kier molecular flexibility index (Phi) is 29.8. The number of amides is 4. The Morgan fingerprint density at radius 2 is 1.36 bits per heavy atom. The molecule has 2 heterocycles. The number of unbranched alkanes of at least 4 members (excludes halogenated alkanes) is 1. The highest BCUT2D eigenvalue weighted by Gasteiger charge is 2.38. The van der Waals surface area contributed by atoms with Crippen LogP contribution in [0, 0.1) is 34.8 Å². The molecule has 456 valence electrons. The van der Waals surface area contributed by atoms with Crippen molar-refractivity contribution in [2.24, 2.45) is 23.2 Å². The molecular formula is C62H84F2N4O14S. The van der Waals surface area contributed by atoms with Gasteiger partial charge in [-0.1, -0.05) is 65.0 Å². The van der Waals surface area contributed by atoms with Crippen LogP contribution in [0.2, 0.25) is 0 Å². The van der Waals surface area contributed by atoms with Crippen LogP contribution in [0.25, 0.3) is 11.1 Å². The van der Waals surface area contributed by atoms with Crippen LogP contribution in [-0.2, 0) is 68.6 Å². The Hall–Kier alpha value is -6.26. The molecule has 2 aromatic carbocycles. The summed E-state index contributed by atoms with van der Waals surface area (Å²) < 4.78 is 54.1. The lowest BCUT2D eigenvalue weighted by Gasteiger charge is -2.41. The average Bonchev–Trinajstić information content (AvgIpc) is 4.11. The van der Waals surface area contributed by atoms with Crippen LogP contribution in [0.4, 0.5) is 8.78 Å². The van der Waals surface area contributed by atoms with E-state index in [2.05, 4.69) is 5.32 Å². The van der Waals surface area contributed by atoms with Gasteiger partial charge in [-0.2, -0.15) is 11.8 Å². The summed E-state index contributed by atoms with van der Waals surface area (Å²) in [5.74, 6) is -6.66. The van der Waals surface area contributed by atoms with E-state index in [0.29, 0.717) is 70.1 Å². The van der Waals surface area contributed by atoms with Crippen molar-refractivity contribution in [2.75, 3.05) is 77.5 Å². The lowest BCUT2D eigenvalue weighted by atomic mass is 9.82. The van der Waals surface area contributed by atoms with Crippen LogP contribution in [0.15, 0.2) is 72.9 Å². The van der Waals surface area contributed by atoms with Gasteiger partial charge < -0.3 is 43.6 Å². The third-order valence-electron chi connectivity index (χ3n) is 13.9. The zero-order chi connectivity index (χ0) is 61.1. The third kappa shape index (κ3) is 24.5. The Balaban J connectivity index is 1.24. The second-order valence-corrected chi connectivity index (χ2v) is 23.2. The highest BCUT2D eigenvalue weighted by Crippen LogP contribution is 2.42. The van der Waals surface area contributed by atoms with E-state index in [4.69, 9.17) is 18.9 Å². The van der Waals surface area contributed by atoms with E-state index in [0.717, 1.165) is 40.4 Å². The molecule has 0 fully saturated rings. The number of aliphatic carboxylic acids is 1. The molecule has 18 nitrogen and oxygen atoms in total. The fraction of sp³-hybridized carbons (Fsp3) is 0.565. The predicted octanol–water partition coefficient (Wildman–Crippen LogP) is 8.41. The number of hydrogen-bond acceptors (Lipinski definition) is 14. The summed E-state index contributed by atoms with van der Waals surface area (Å²) in [7, 11) is 0. The normalized spacial score (nSPS) is 14.0. The first-order valence-electron chi connectivity index (χ1n) is 28.5. The number of hydrogen-bond donors (Lipinski definition) is 2. The van der Waals surface area contributed by atoms with Crippen LogP contribution in [0.1, 0.15) is 124 Å². The average molecular weight is 1180 g/mol. The van der Waals surface area contributed by atoms with Crippen molar-refractivity contribution < 1.29 is 76.0 Å². The molecule has 0 radical (unpaired) electrons. The molecule has 21 heteroatoms. The monoisotopic (exact) mass is 1180 g/mol. The number of carboxylic acids is 1. The molecule has 4 atom stereocenters. The minimum atomic E-state index is -1.14. The van der Waals surface area contributed by atoms with E-state index >= 15 is 4.39 Å². The van der Waals surface area contributed by atoms with E-state index in [1.165, 1.54) is 19.1 Å². The Morgan fingerprint density at radius 3 is 1.96 bits per heavy atom. The third-order valence-corrected chi connectivity index (χ3v) is 15.0. The number of carbonyl (C=O) groups excluding carboxylic acids is 8. The molecule has 83 heavy (non-hydrogen) atoms. The highest BCUT2D eigenvalue weighted by molar-refractivity contribution is 7.99. The number of ether oxygens (including phenoxy) is 4. The second-order valence-electron chi connectivity index (χ2n) is 22.2. The van der Waals surface area contributed by atoms with Crippen LogP contribution >= 0.6 is 11.8 Å². The topological polar surface area (TPSA) is 234 Å². The van der Waals surface area contributed by atoms with Crippen molar-refractivity contribution in [2.45, 2.75) is 125 Å². The summed E-state index contributed by atoms with van der Waals surface area (Å²) in [5.41, 5.74) is 1.36. The van der Waals surface area contributed by atoms with Gasteiger partial charge in [0, 0.05) is 112 Å². The largest absolute Gasteiger partial charge is 0.481 e. The van der Waals surface area contributed by atoms with Crippen molar-refractivity contribution in [3.05, 3.63) is 95.8 Å². The highest BCUT2D eigenvalue weighted by atomic mass is 32.2. The summed E-state index contributed by atoms with van der Waals surface area (Å²) in [4.78, 5) is 117. The lowest BCUT2D eigenvalue weighted by Crippen LogP contribution is -2.44. The molecule has 3 aromatic rings. The number of imide groups is 1. The van der Waals surface area contributed by atoms with Gasteiger partial charge in [0.15, 0.2) is 5.78 Å². The molecule has 4 amide bonds. The number of nitrogens with one attached hydrogen (secondary N) is 1. The first kappa shape index (κ1) is 69.2. The van der Waals surface area contributed by atoms with Crippen molar-refractivity contribution in [3.8, 4) is 11.1 Å². The van der Waals surface area contributed by atoms with Gasteiger partial charge in [-0.05, 0) is 74.3 Å². The molecule has 2 N–H and O–H groups in total. The van der Waals surface area contributed by atoms with Gasteiger partial charge in [0.2, 0.25) is 11.8 Å². The van der Waals surface area contributed by atoms with Crippen LogP contribution in [0.3, 0.4) is 0 Å². The smallest absolute Gasteiger partial charge is 0.307 e. The Labute approximate surface area is 490 Å².